The largest absolute Gasteiger partial charge is 0.351 e. The Kier molecular flexibility index (Phi) is 7.74. The van der Waals surface area contributed by atoms with Crippen molar-refractivity contribution in [2.45, 2.75) is 83.0 Å². The van der Waals surface area contributed by atoms with Crippen molar-refractivity contribution in [2.24, 2.45) is 0 Å². The molecule has 2 aromatic carbocycles. The molecule has 1 unspecified atom stereocenters. The molecule has 1 aliphatic carbocycles. The summed E-state index contributed by atoms with van der Waals surface area (Å²) in [6.07, 6.45) is 8.78. The minimum atomic E-state index is -1.23. The van der Waals surface area contributed by atoms with E-state index in [2.05, 4.69) is 22.9 Å². The Hall–Kier alpha value is -3.09. The first-order valence-corrected chi connectivity index (χ1v) is 15.7. The Morgan fingerprint density at radius 2 is 1.70 bits per heavy atom. The minimum Gasteiger partial charge on any atom is -0.351 e. The van der Waals surface area contributed by atoms with Crippen molar-refractivity contribution in [3.05, 3.63) is 93.5 Å². The van der Waals surface area contributed by atoms with Crippen LogP contribution in [-0.2, 0) is 29.8 Å². The molecule has 1 atom stereocenters. The number of fused-ring (bicyclic) bond motifs is 3. The van der Waals surface area contributed by atoms with Gasteiger partial charge in [0.1, 0.15) is 5.69 Å². The molecule has 40 heavy (non-hydrogen) atoms. The van der Waals surface area contributed by atoms with Crippen molar-refractivity contribution in [3.8, 4) is 0 Å². The van der Waals surface area contributed by atoms with E-state index in [0.717, 1.165) is 53.4 Å². The number of benzene rings is 2. The van der Waals surface area contributed by atoms with Gasteiger partial charge in [0.05, 0.1) is 16.8 Å². The lowest BCUT2D eigenvalue weighted by Gasteiger charge is -2.47. The number of halogens is 1. The first-order chi connectivity index (χ1) is 19.5. The quantitative estimate of drug-likeness (QED) is 0.257. The van der Waals surface area contributed by atoms with Crippen LogP contribution in [0.4, 0.5) is 0 Å². The summed E-state index contributed by atoms with van der Waals surface area (Å²) in [6, 6.07) is 21.7. The average molecular weight is 574 g/mol. The van der Waals surface area contributed by atoms with E-state index in [1.807, 2.05) is 60.7 Å². The maximum Gasteiger partial charge on any atom is 0.272 e. The van der Waals surface area contributed by atoms with Gasteiger partial charge in [0.25, 0.3) is 11.8 Å². The molecule has 4 aromatic rings. The summed E-state index contributed by atoms with van der Waals surface area (Å²) in [4.78, 5) is 32.4. The van der Waals surface area contributed by atoms with E-state index in [-0.39, 0.29) is 24.4 Å². The number of nitrogens with one attached hydrogen (secondary N) is 1. The van der Waals surface area contributed by atoms with Gasteiger partial charge in [0.2, 0.25) is 0 Å². The van der Waals surface area contributed by atoms with Crippen molar-refractivity contribution in [3.63, 3.8) is 0 Å². The highest BCUT2D eigenvalue weighted by Gasteiger charge is 2.53. The monoisotopic (exact) mass is 573 g/mol. The van der Waals surface area contributed by atoms with Crippen LogP contribution >= 0.6 is 22.9 Å². The number of hydrogen-bond acceptors (Lipinski definition) is 3. The molecule has 2 amide bonds. The predicted octanol–water partition coefficient (Wildman–Crippen LogP) is 7.70. The summed E-state index contributed by atoms with van der Waals surface area (Å²) in [5, 5.41) is 4.05. The third-order valence-electron chi connectivity index (χ3n) is 8.65. The molecule has 1 saturated carbocycles. The number of carbonyl (C=O) groups is 2. The van der Waals surface area contributed by atoms with Gasteiger partial charge in [0, 0.05) is 22.5 Å². The summed E-state index contributed by atoms with van der Waals surface area (Å²) in [5.41, 5.74) is 2.07. The van der Waals surface area contributed by atoms with E-state index in [4.69, 9.17) is 11.6 Å². The standard InChI is InChI=1S/C33H36ClN3O2S/c1-2-26-19-28-30(40-26)20-29-31(38)37(21-23-13-11-12-18-27(23)34)33(22-36(28)29,24-14-7-6-8-15-24)32(39)35-25-16-9-4-3-5-10-17-25/h6-8,11-15,18-20,25H,2-5,9-10,16-17,21-22H2,1H3,(H,35,39). The smallest absolute Gasteiger partial charge is 0.272 e. The SMILES string of the molecule is CCc1cc2c(cc3n2CC(C(=O)NC2CCCCCCC2)(c2ccccc2)N(Cc2ccccc2Cl)C3=O)s1. The molecule has 208 valence electrons. The summed E-state index contributed by atoms with van der Waals surface area (Å²) in [6.45, 7) is 2.74. The van der Waals surface area contributed by atoms with Crippen LogP contribution in [0, 0.1) is 0 Å². The number of aromatic nitrogens is 1. The van der Waals surface area contributed by atoms with Crippen LogP contribution in [0.1, 0.15) is 78.4 Å². The zero-order valence-electron chi connectivity index (χ0n) is 23.0. The average Bonchev–Trinajstić information content (AvgIpc) is 3.51. The van der Waals surface area contributed by atoms with Gasteiger partial charge in [-0.15, -0.1) is 11.3 Å². The number of rotatable bonds is 6. The lowest BCUT2D eigenvalue weighted by atomic mass is 9.83. The Balaban J connectivity index is 1.51. The molecule has 0 spiro atoms. The number of nitrogens with zero attached hydrogens (tertiary/aromatic N) is 2. The van der Waals surface area contributed by atoms with Crippen LogP contribution in [0.2, 0.25) is 5.02 Å². The van der Waals surface area contributed by atoms with Crippen molar-refractivity contribution in [1.29, 1.82) is 0 Å². The molecule has 0 saturated heterocycles. The maximum absolute atomic E-state index is 14.8. The zero-order chi connectivity index (χ0) is 27.7. The molecule has 5 nitrogen and oxygen atoms in total. The second-order valence-corrected chi connectivity index (χ2v) is 12.7. The van der Waals surface area contributed by atoms with E-state index >= 15 is 0 Å². The van der Waals surface area contributed by atoms with Crippen LogP contribution < -0.4 is 5.32 Å². The van der Waals surface area contributed by atoms with Gasteiger partial charge >= 0.3 is 0 Å². The second kappa shape index (κ2) is 11.4. The van der Waals surface area contributed by atoms with Crippen molar-refractivity contribution >= 4 is 45.0 Å². The van der Waals surface area contributed by atoms with E-state index in [1.54, 1.807) is 16.2 Å². The molecule has 3 heterocycles. The molecule has 2 aromatic heterocycles. The number of thiophene rings is 1. The summed E-state index contributed by atoms with van der Waals surface area (Å²) in [5.74, 6) is -0.257. The van der Waals surface area contributed by atoms with E-state index in [1.165, 1.54) is 24.1 Å². The summed E-state index contributed by atoms with van der Waals surface area (Å²) < 4.78 is 3.17. The Labute approximate surface area is 245 Å². The van der Waals surface area contributed by atoms with Gasteiger partial charge in [-0.3, -0.25) is 9.59 Å². The van der Waals surface area contributed by atoms with Gasteiger partial charge in [-0.1, -0.05) is 99.2 Å². The molecular weight excluding hydrogens is 538 g/mol. The fourth-order valence-electron chi connectivity index (χ4n) is 6.44. The lowest BCUT2D eigenvalue weighted by Crippen LogP contribution is -2.64. The molecule has 1 N–H and O–H groups in total. The number of carbonyl (C=O) groups excluding carboxylic acids is 2. The topological polar surface area (TPSA) is 54.3 Å². The molecule has 0 radical (unpaired) electrons. The molecule has 2 aliphatic rings. The normalized spacial score (nSPS) is 20.2. The lowest BCUT2D eigenvalue weighted by molar-refractivity contribution is -0.136. The Morgan fingerprint density at radius 1 is 1.00 bits per heavy atom. The van der Waals surface area contributed by atoms with Crippen LogP contribution in [0.3, 0.4) is 0 Å². The van der Waals surface area contributed by atoms with E-state index < -0.39 is 5.54 Å². The molecular formula is C33H36ClN3O2S. The number of amides is 2. The van der Waals surface area contributed by atoms with Gasteiger partial charge in [0.15, 0.2) is 5.54 Å². The molecule has 6 rings (SSSR count). The highest BCUT2D eigenvalue weighted by Crippen LogP contribution is 2.42. The van der Waals surface area contributed by atoms with Gasteiger partial charge in [-0.25, -0.2) is 0 Å². The summed E-state index contributed by atoms with van der Waals surface area (Å²) >= 11 is 8.36. The van der Waals surface area contributed by atoms with Crippen molar-refractivity contribution in [2.75, 3.05) is 0 Å². The number of hydrogen-bond donors (Lipinski definition) is 1. The Bertz CT molecular complexity index is 1520. The first-order valence-electron chi connectivity index (χ1n) is 14.5. The van der Waals surface area contributed by atoms with Crippen LogP contribution in [-0.4, -0.2) is 27.3 Å². The highest BCUT2D eigenvalue weighted by atomic mass is 35.5. The fraction of sp³-hybridized carbons (Fsp3) is 0.394. The fourth-order valence-corrected chi connectivity index (χ4v) is 7.67. The molecule has 1 fully saturated rings. The molecule has 1 aliphatic heterocycles. The maximum atomic E-state index is 14.8. The number of aryl methyl sites for hydroxylation is 1. The van der Waals surface area contributed by atoms with E-state index in [9.17, 15) is 9.59 Å². The third-order valence-corrected chi connectivity index (χ3v) is 10.2. The molecule has 7 heteroatoms. The van der Waals surface area contributed by atoms with Crippen LogP contribution in [0.25, 0.3) is 10.2 Å². The van der Waals surface area contributed by atoms with Crippen LogP contribution in [0.5, 0.6) is 0 Å². The predicted molar refractivity (Wildman–Crippen MR) is 163 cm³/mol. The van der Waals surface area contributed by atoms with Gasteiger partial charge in [-0.2, -0.15) is 0 Å². The highest BCUT2D eigenvalue weighted by molar-refractivity contribution is 7.19. The summed E-state index contributed by atoms with van der Waals surface area (Å²) in [7, 11) is 0. The zero-order valence-corrected chi connectivity index (χ0v) is 24.6. The van der Waals surface area contributed by atoms with E-state index in [0.29, 0.717) is 17.3 Å². The molecule has 0 bridgehead atoms. The minimum absolute atomic E-state index is 0.101. The van der Waals surface area contributed by atoms with Crippen molar-refractivity contribution in [1.82, 2.24) is 14.8 Å². The Morgan fingerprint density at radius 3 is 2.42 bits per heavy atom. The van der Waals surface area contributed by atoms with Gasteiger partial charge < -0.3 is 14.8 Å². The second-order valence-electron chi connectivity index (χ2n) is 11.2. The third kappa shape index (κ3) is 4.86. The van der Waals surface area contributed by atoms with Gasteiger partial charge in [-0.05, 0) is 48.6 Å². The van der Waals surface area contributed by atoms with Crippen LogP contribution in [0.15, 0.2) is 66.7 Å². The van der Waals surface area contributed by atoms with Crippen molar-refractivity contribution < 1.29 is 9.59 Å². The first kappa shape index (κ1) is 27.1.